The molecule has 2 rings (SSSR count). The summed E-state index contributed by atoms with van der Waals surface area (Å²) >= 11 is 17.3. The molecule has 0 atom stereocenters. The van der Waals surface area contributed by atoms with Crippen LogP contribution >= 0.6 is 34.8 Å². The van der Waals surface area contributed by atoms with Crippen molar-refractivity contribution < 1.29 is 8.42 Å². The Labute approximate surface area is 125 Å². The summed E-state index contributed by atoms with van der Waals surface area (Å²) in [7, 11) is -3.82. The molecule has 1 N–H and O–H groups in total. The van der Waals surface area contributed by atoms with Crippen molar-refractivity contribution in [2.24, 2.45) is 0 Å². The molecule has 0 fully saturated rings. The number of hydrogen-bond acceptors (Lipinski definition) is 3. The second kappa shape index (κ2) is 5.54. The van der Waals surface area contributed by atoms with Crippen molar-refractivity contribution in [3.8, 4) is 0 Å². The summed E-state index contributed by atoms with van der Waals surface area (Å²) in [6.45, 7) is 0. The van der Waals surface area contributed by atoms with Crippen molar-refractivity contribution in [1.29, 1.82) is 0 Å². The average molecular weight is 338 g/mol. The zero-order valence-electron chi connectivity index (χ0n) is 9.27. The third kappa shape index (κ3) is 3.30. The van der Waals surface area contributed by atoms with E-state index in [1.807, 2.05) is 0 Å². The standard InChI is InChI=1S/C11H7Cl3N2O2S/c12-8-4-3-7(6-9(8)13)16-19(17,18)10-2-1-5-15-11(10)14/h1-6,16H. The molecule has 0 radical (unpaired) electrons. The highest BCUT2D eigenvalue weighted by Gasteiger charge is 2.18. The summed E-state index contributed by atoms with van der Waals surface area (Å²) in [4.78, 5) is 3.61. The molecule has 1 aromatic heterocycles. The molecule has 1 heterocycles. The molecule has 0 saturated heterocycles. The molecule has 0 aliphatic carbocycles. The minimum atomic E-state index is -3.82. The van der Waals surface area contributed by atoms with Crippen LogP contribution in [0.5, 0.6) is 0 Å². The van der Waals surface area contributed by atoms with Gasteiger partial charge in [0, 0.05) is 6.20 Å². The van der Waals surface area contributed by atoms with Crippen molar-refractivity contribution in [3.63, 3.8) is 0 Å². The number of nitrogens with zero attached hydrogens (tertiary/aromatic N) is 1. The summed E-state index contributed by atoms with van der Waals surface area (Å²) < 4.78 is 26.6. The van der Waals surface area contributed by atoms with E-state index in [4.69, 9.17) is 34.8 Å². The highest BCUT2D eigenvalue weighted by Crippen LogP contribution is 2.27. The van der Waals surface area contributed by atoms with Crippen molar-refractivity contribution in [3.05, 3.63) is 51.7 Å². The fraction of sp³-hybridized carbons (Fsp3) is 0. The lowest BCUT2D eigenvalue weighted by Gasteiger charge is -2.09. The first-order chi connectivity index (χ1) is 8.90. The van der Waals surface area contributed by atoms with Crippen LogP contribution in [-0.4, -0.2) is 13.4 Å². The van der Waals surface area contributed by atoms with Crippen LogP contribution in [0.2, 0.25) is 15.2 Å². The van der Waals surface area contributed by atoms with Gasteiger partial charge in [0.15, 0.2) is 0 Å². The van der Waals surface area contributed by atoms with Crippen LogP contribution in [0.15, 0.2) is 41.4 Å². The van der Waals surface area contributed by atoms with Gasteiger partial charge in [0.2, 0.25) is 0 Å². The summed E-state index contributed by atoms with van der Waals surface area (Å²) in [5.74, 6) is 0. The first kappa shape index (κ1) is 14.4. The largest absolute Gasteiger partial charge is 0.279 e. The maximum absolute atomic E-state index is 12.1. The van der Waals surface area contributed by atoms with E-state index in [1.54, 1.807) is 0 Å². The Morgan fingerprint density at radius 1 is 1.05 bits per heavy atom. The van der Waals surface area contributed by atoms with Gasteiger partial charge >= 0.3 is 0 Å². The van der Waals surface area contributed by atoms with Crippen LogP contribution in [0.25, 0.3) is 0 Å². The normalized spacial score (nSPS) is 11.3. The third-order valence-electron chi connectivity index (χ3n) is 2.19. The van der Waals surface area contributed by atoms with E-state index in [0.717, 1.165) is 0 Å². The van der Waals surface area contributed by atoms with E-state index < -0.39 is 10.0 Å². The molecule has 0 bridgehead atoms. The Morgan fingerprint density at radius 2 is 1.79 bits per heavy atom. The minimum absolute atomic E-state index is 0.102. The summed E-state index contributed by atoms with van der Waals surface area (Å²) in [6.07, 6.45) is 1.40. The summed E-state index contributed by atoms with van der Waals surface area (Å²) in [5, 5.41) is 0.484. The Bertz CT molecular complexity index is 720. The summed E-state index contributed by atoms with van der Waals surface area (Å²) in [6, 6.07) is 7.23. The number of aromatic nitrogens is 1. The molecule has 19 heavy (non-hydrogen) atoms. The van der Waals surface area contributed by atoms with Crippen molar-refractivity contribution in [2.45, 2.75) is 4.90 Å². The second-order valence-electron chi connectivity index (χ2n) is 3.53. The third-order valence-corrected chi connectivity index (χ3v) is 4.75. The lowest BCUT2D eigenvalue weighted by atomic mass is 10.3. The number of benzene rings is 1. The quantitative estimate of drug-likeness (QED) is 0.866. The number of nitrogens with one attached hydrogen (secondary N) is 1. The maximum atomic E-state index is 12.1. The number of hydrogen-bond donors (Lipinski definition) is 1. The predicted octanol–water partition coefficient (Wildman–Crippen LogP) is 3.84. The number of rotatable bonds is 3. The fourth-order valence-corrected chi connectivity index (χ4v) is 3.14. The van der Waals surface area contributed by atoms with Crippen LogP contribution < -0.4 is 4.72 Å². The molecule has 100 valence electrons. The predicted molar refractivity (Wildman–Crippen MR) is 76.5 cm³/mol. The molecule has 0 saturated carbocycles. The minimum Gasteiger partial charge on any atom is -0.279 e. The molecule has 0 spiro atoms. The van der Waals surface area contributed by atoms with E-state index in [9.17, 15) is 8.42 Å². The number of sulfonamides is 1. The molecular formula is C11H7Cl3N2O2S. The van der Waals surface area contributed by atoms with E-state index in [1.165, 1.54) is 36.5 Å². The van der Waals surface area contributed by atoms with E-state index in [2.05, 4.69) is 9.71 Å². The molecule has 0 aliphatic heterocycles. The van der Waals surface area contributed by atoms with Gasteiger partial charge < -0.3 is 0 Å². The van der Waals surface area contributed by atoms with Crippen LogP contribution in [0.1, 0.15) is 0 Å². The van der Waals surface area contributed by atoms with Gasteiger partial charge in [-0.2, -0.15) is 0 Å². The molecule has 4 nitrogen and oxygen atoms in total. The number of halogens is 3. The SMILES string of the molecule is O=S(=O)(Nc1ccc(Cl)c(Cl)c1)c1cccnc1Cl. The lowest BCUT2D eigenvalue weighted by molar-refractivity contribution is 0.601. The molecule has 2 aromatic rings. The van der Waals surface area contributed by atoms with Gasteiger partial charge in [-0.3, -0.25) is 4.72 Å². The molecule has 0 unspecified atom stereocenters. The molecule has 1 aromatic carbocycles. The molecule has 0 aliphatic rings. The fourth-order valence-electron chi connectivity index (χ4n) is 1.34. The smallest absolute Gasteiger partial charge is 0.264 e. The molecule has 8 heteroatoms. The Kier molecular flexibility index (Phi) is 4.20. The molecular weight excluding hydrogens is 331 g/mol. The van der Waals surface area contributed by atoms with Crippen LogP contribution in [0.3, 0.4) is 0 Å². The van der Waals surface area contributed by atoms with Crippen LogP contribution in [0.4, 0.5) is 5.69 Å². The topological polar surface area (TPSA) is 59.1 Å². The van der Waals surface area contributed by atoms with Crippen molar-refractivity contribution >= 4 is 50.5 Å². The van der Waals surface area contributed by atoms with E-state index >= 15 is 0 Å². The van der Waals surface area contributed by atoms with Gasteiger partial charge in [-0.15, -0.1) is 0 Å². The van der Waals surface area contributed by atoms with Gasteiger partial charge in [-0.25, -0.2) is 13.4 Å². The average Bonchev–Trinajstić information content (AvgIpc) is 2.34. The zero-order chi connectivity index (χ0) is 14.0. The van der Waals surface area contributed by atoms with Crippen LogP contribution in [-0.2, 0) is 10.0 Å². The van der Waals surface area contributed by atoms with E-state index in [0.29, 0.717) is 5.02 Å². The van der Waals surface area contributed by atoms with Crippen molar-refractivity contribution in [1.82, 2.24) is 4.98 Å². The molecule has 0 amide bonds. The van der Waals surface area contributed by atoms with Gasteiger partial charge in [-0.1, -0.05) is 34.8 Å². The number of pyridine rings is 1. The van der Waals surface area contributed by atoms with Gasteiger partial charge in [0.05, 0.1) is 15.7 Å². The Hall–Kier alpha value is -1.01. The van der Waals surface area contributed by atoms with Crippen LogP contribution in [0, 0.1) is 0 Å². The monoisotopic (exact) mass is 336 g/mol. The highest BCUT2D eigenvalue weighted by atomic mass is 35.5. The lowest BCUT2D eigenvalue weighted by Crippen LogP contribution is -2.13. The van der Waals surface area contributed by atoms with Gasteiger partial charge in [-0.05, 0) is 30.3 Å². The first-order valence-electron chi connectivity index (χ1n) is 4.98. The number of anilines is 1. The van der Waals surface area contributed by atoms with Gasteiger partial charge in [0.25, 0.3) is 10.0 Å². The summed E-state index contributed by atoms with van der Waals surface area (Å²) in [5.41, 5.74) is 0.286. The second-order valence-corrected chi connectivity index (χ2v) is 6.35. The maximum Gasteiger partial charge on any atom is 0.264 e. The Balaban J connectivity index is 2.37. The zero-order valence-corrected chi connectivity index (χ0v) is 12.4. The highest BCUT2D eigenvalue weighted by molar-refractivity contribution is 7.92. The van der Waals surface area contributed by atoms with E-state index in [-0.39, 0.29) is 20.8 Å². The Morgan fingerprint density at radius 3 is 2.42 bits per heavy atom. The van der Waals surface area contributed by atoms with Crippen molar-refractivity contribution in [2.75, 3.05) is 4.72 Å². The first-order valence-corrected chi connectivity index (χ1v) is 7.60. The van der Waals surface area contributed by atoms with Gasteiger partial charge in [0.1, 0.15) is 10.0 Å².